The third-order valence-electron chi connectivity index (χ3n) is 3.44. The van der Waals surface area contributed by atoms with Gasteiger partial charge in [-0.25, -0.2) is 0 Å². The molecule has 0 bridgehead atoms. The summed E-state index contributed by atoms with van der Waals surface area (Å²) in [7, 11) is 0. The third-order valence-corrected chi connectivity index (χ3v) is 4.57. The van der Waals surface area contributed by atoms with Crippen molar-refractivity contribution in [2.24, 2.45) is 0 Å². The van der Waals surface area contributed by atoms with Crippen molar-refractivity contribution < 1.29 is 4.79 Å². The van der Waals surface area contributed by atoms with Gasteiger partial charge in [0.25, 0.3) is 0 Å². The first-order valence-electron chi connectivity index (χ1n) is 6.58. The van der Waals surface area contributed by atoms with E-state index in [2.05, 4.69) is 17.1 Å². The molecule has 5 heteroatoms. The molecule has 0 aromatic carbocycles. The lowest BCUT2D eigenvalue weighted by Gasteiger charge is -2.32. The van der Waals surface area contributed by atoms with Gasteiger partial charge < -0.3 is 15.1 Å². The number of carbonyl (C=O) groups is 1. The van der Waals surface area contributed by atoms with Gasteiger partial charge in [0.15, 0.2) is 0 Å². The van der Waals surface area contributed by atoms with Crippen molar-refractivity contribution in [3.8, 4) is 0 Å². The average Bonchev–Trinajstić information content (AvgIpc) is 2.37. The lowest BCUT2D eigenvalue weighted by Crippen LogP contribution is -2.47. The minimum Gasteiger partial charge on any atom is -0.340 e. The lowest BCUT2D eigenvalue weighted by atomic mass is 10.2. The van der Waals surface area contributed by atoms with E-state index < -0.39 is 0 Å². The first-order valence-corrected chi connectivity index (χ1v) is 7.63. The van der Waals surface area contributed by atoms with E-state index in [-0.39, 0.29) is 0 Å². The van der Waals surface area contributed by atoms with Crippen molar-refractivity contribution in [2.75, 3.05) is 51.6 Å². The largest absolute Gasteiger partial charge is 0.340 e. The number of hydrogen-bond donors (Lipinski definition) is 1. The van der Waals surface area contributed by atoms with Gasteiger partial charge in [-0.2, -0.15) is 11.8 Å². The van der Waals surface area contributed by atoms with Crippen LogP contribution in [0, 0.1) is 0 Å². The van der Waals surface area contributed by atoms with Gasteiger partial charge in [-0.05, 0) is 0 Å². The molecule has 0 spiro atoms. The Morgan fingerprint density at radius 1 is 1.35 bits per heavy atom. The smallest absolute Gasteiger partial charge is 0.223 e. The maximum Gasteiger partial charge on any atom is 0.223 e. The number of nitrogens with zero attached hydrogens (tertiary/aromatic N) is 2. The predicted octanol–water partition coefficient (Wildman–Crippen LogP) is 0.246. The van der Waals surface area contributed by atoms with Gasteiger partial charge >= 0.3 is 0 Å². The number of piperazine rings is 1. The Kier molecular flexibility index (Phi) is 5.13. The minimum absolute atomic E-state index is 0.331. The fourth-order valence-electron chi connectivity index (χ4n) is 2.42. The van der Waals surface area contributed by atoms with Crippen LogP contribution in [0.5, 0.6) is 0 Å². The second-order valence-electron chi connectivity index (χ2n) is 4.86. The summed E-state index contributed by atoms with van der Waals surface area (Å²) < 4.78 is 0. The monoisotopic (exact) mass is 257 g/mol. The molecule has 0 saturated carbocycles. The number of hydrogen-bond acceptors (Lipinski definition) is 4. The quantitative estimate of drug-likeness (QED) is 0.786. The molecule has 2 heterocycles. The Morgan fingerprint density at radius 3 is 2.82 bits per heavy atom. The van der Waals surface area contributed by atoms with E-state index in [9.17, 15) is 4.79 Å². The summed E-state index contributed by atoms with van der Waals surface area (Å²) in [5.74, 6) is 1.54. The van der Waals surface area contributed by atoms with E-state index >= 15 is 0 Å². The fourth-order valence-corrected chi connectivity index (χ4v) is 3.50. The first kappa shape index (κ1) is 13.2. The van der Waals surface area contributed by atoms with Crippen LogP contribution in [-0.2, 0) is 4.79 Å². The normalized spacial score (nSPS) is 27.1. The standard InChI is InChI=1S/C12H23N3OS/c1-11-10-14(8-9-17-11)5-2-12(16)15-6-3-13-4-7-15/h11,13H,2-10H2,1H3. The summed E-state index contributed by atoms with van der Waals surface area (Å²) in [6.07, 6.45) is 0.692. The molecule has 4 nitrogen and oxygen atoms in total. The number of nitrogens with one attached hydrogen (secondary N) is 1. The Morgan fingerprint density at radius 2 is 2.12 bits per heavy atom. The Hall–Kier alpha value is -0.260. The zero-order valence-electron chi connectivity index (χ0n) is 10.7. The van der Waals surface area contributed by atoms with Crippen LogP contribution in [-0.4, -0.2) is 72.5 Å². The molecule has 1 amide bonds. The van der Waals surface area contributed by atoms with E-state index in [0.717, 1.165) is 51.1 Å². The van der Waals surface area contributed by atoms with Gasteiger partial charge in [0.2, 0.25) is 5.91 Å². The van der Waals surface area contributed by atoms with Gasteiger partial charge in [-0.15, -0.1) is 0 Å². The average molecular weight is 257 g/mol. The minimum atomic E-state index is 0.331. The summed E-state index contributed by atoms with van der Waals surface area (Å²) >= 11 is 2.04. The molecule has 0 aromatic rings. The molecule has 2 aliphatic heterocycles. The summed E-state index contributed by atoms with van der Waals surface area (Å²) in [5, 5.41) is 3.99. The molecule has 2 rings (SSSR count). The van der Waals surface area contributed by atoms with Crippen LogP contribution in [0.3, 0.4) is 0 Å². The van der Waals surface area contributed by atoms with E-state index in [1.54, 1.807) is 0 Å². The van der Waals surface area contributed by atoms with Crippen LogP contribution in [0.1, 0.15) is 13.3 Å². The molecule has 2 aliphatic rings. The summed E-state index contributed by atoms with van der Waals surface area (Å²) in [6.45, 7) is 9.15. The summed E-state index contributed by atoms with van der Waals surface area (Å²) in [5.41, 5.74) is 0. The van der Waals surface area contributed by atoms with Crippen LogP contribution in [0.25, 0.3) is 0 Å². The molecular formula is C12H23N3OS. The van der Waals surface area contributed by atoms with Crippen molar-refractivity contribution in [1.29, 1.82) is 0 Å². The molecule has 98 valence electrons. The molecule has 0 aromatic heterocycles. The zero-order valence-corrected chi connectivity index (χ0v) is 11.5. The van der Waals surface area contributed by atoms with Crippen LogP contribution in [0.15, 0.2) is 0 Å². The topological polar surface area (TPSA) is 35.6 Å². The van der Waals surface area contributed by atoms with Gasteiger partial charge in [-0.1, -0.05) is 6.92 Å². The fraction of sp³-hybridized carbons (Fsp3) is 0.917. The van der Waals surface area contributed by atoms with E-state index in [1.165, 1.54) is 5.75 Å². The maximum absolute atomic E-state index is 12.0. The molecule has 0 aliphatic carbocycles. The third kappa shape index (κ3) is 4.16. The van der Waals surface area contributed by atoms with Crippen molar-refractivity contribution >= 4 is 17.7 Å². The van der Waals surface area contributed by atoms with Gasteiger partial charge in [0, 0.05) is 63.2 Å². The van der Waals surface area contributed by atoms with Crippen LogP contribution < -0.4 is 5.32 Å². The number of thioether (sulfide) groups is 1. The van der Waals surface area contributed by atoms with Gasteiger partial charge in [-0.3, -0.25) is 4.79 Å². The number of rotatable bonds is 3. The van der Waals surface area contributed by atoms with Crippen molar-refractivity contribution in [3.63, 3.8) is 0 Å². The molecule has 1 unspecified atom stereocenters. The lowest BCUT2D eigenvalue weighted by molar-refractivity contribution is -0.132. The van der Waals surface area contributed by atoms with Gasteiger partial charge in [0.1, 0.15) is 0 Å². The molecule has 17 heavy (non-hydrogen) atoms. The van der Waals surface area contributed by atoms with E-state index in [4.69, 9.17) is 0 Å². The molecule has 1 atom stereocenters. The molecule has 2 saturated heterocycles. The number of carbonyl (C=O) groups excluding carboxylic acids is 1. The Labute approximate surface area is 108 Å². The summed E-state index contributed by atoms with van der Waals surface area (Å²) in [4.78, 5) is 16.4. The summed E-state index contributed by atoms with van der Waals surface area (Å²) in [6, 6.07) is 0. The van der Waals surface area contributed by atoms with Gasteiger partial charge in [0.05, 0.1) is 0 Å². The maximum atomic E-state index is 12.0. The highest BCUT2D eigenvalue weighted by molar-refractivity contribution is 7.99. The Bertz CT molecular complexity index is 256. The SMILES string of the molecule is CC1CN(CCC(=O)N2CCNCC2)CCS1. The Balaban J connectivity index is 1.68. The van der Waals surface area contributed by atoms with Crippen molar-refractivity contribution in [3.05, 3.63) is 0 Å². The number of amides is 1. The van der Waals surface area contributed by atoms with Crippen LogP contribution >= 0.6 is 11.8 Å². The van der Waals surface area contributed by atoms with Crippen molar-refractivity contribution in [1.82, 2.24) is 15.1 Å². The zero-order chi connectivity index (χ0) is 12.1. The van der Waals surface area contributed by atoms with Crippen LogP contribution in [0.4, 0.5) is 0 Å². The van der Waals surface area contributed by atoms with E-state index in [1.807, 2.05) is 16.7 Å². The second-order valence-corrected chi connectivity index (χ2v) is 6.41. The van der Waals surface area contributed by atoms with Crippen molar-refractivity contribution in [2.45, 2.75) is 18.6 Å². The predicted molar refractivity (Wildman–Crippen MR) is 72.4 cm³/mol. The highest BCUT2D eigenvalue weighted by Gasteiger charge is 2.20. The highest BCUT2D eigenvalue weighted by atomic mass is 32.2. The molecular weight excluding hydrogens is 234 g/mol. The van der Waals surface area contributed by atoms with E-state index in [0.29, 0.717) is 12.3 Å². The van der Waals surface area contributed by atoms with Crippen LogP contribution in [0.2, 0.25) is 0 Å². The molecule has 2 fully saturated rings. The molecule has 1 N–H and O–H groups in total. The first-order chi connectivity index (χ1) is 8.25. The second kappa shape index (κ2) is 6.61. The molecule has 0 radical (unpaired) electrons. The highest BCUT2D eigenvalue weighted by Crippen LogP contribution is 2.17.